The molecule has 6 heteroatoms. The predicted octanol–water partition coefficient (Wildman–Crippen LogP) is 3.31. The van der Waals surface area contributed by atoms with E-state index in [0.717, 1.165) is 18.5 Å². The van der Waals surface area contributed by atoms with Crippen molar-refractivity contribution in [3.05, 3.63) is 18.0 Å². The molecule has 1 heterocycles. The summed E-state index contributed by atoms with van der Waals surface area (Å²) in [6, 6.07) is 0.244. The number of aryl methyl sites for hydroxylation is 1. The Balaban J connectivity index is 1.93. The molecule has 0 bridgehead atoms. The SMILES string of the molecule is CCNC(Cc1cnn(C)c1)C1CCC(C(F)(F)F)CC1. The van der Waals surface area contributed by atoms with Gasteiger partial charge in [0.1, 0.15) is 0 Å². The van der Waals surface area contributed by atoms with Gasteiger partial charge < -0.3 is 5.32 Å². The van der Waals surface area contributed by atoms with Gasteiger partial charge in [-0.15, -0.1) is 0 Å². The highest BCUT2D eigenvalue weighted by molar-refractivity contribution is 5.07. The lowest BCUT2D eigenvalue weighted by Crippen LogP contribution is -2.41. The first-order chi connectivity index (χ1) is 9.90. The Morgan fingerprint density at radius 2 is 2.00 bits per heavy atom. The molecule has 1 saturated carbocycles. The zero-order valence-corrected chi connectivity index (χ0v) is 12.7. The maximum absolute atomic E-state index is 12.7. The minimum atomic E-state index is -4.03. The molecule has 1 N–H and O–H groups in total. The van der Waals surface area contributed by atoms with Gasteiger partial charge in [-0.05, 0) is 50.1 Å². The number of hydrogen-bond acceptors (Lipinski definition) is 2. The van der Waals surface area contributed by atoms with E-state index in [2.05, 4.69) is 10.4 Å². The average Bonchev–Trinajstić information content (AvgIpc) is 2.83. The van der Waals surface area contributed by atoms with Crippen LogP contribution in [0.5, 0.6) is 0 Å². The van der Waals surface area contributed by atoms with Gasteiger partial charge in [-0.2, -0.15) is 18.3 Å². The molecule has 1 atom stereocenters. The van der Waals surface area contributed by atoms with E-state index in [0.29, 0.717) is 18.8 Å². The largest absolute Gasteiger partial charge is 0.391 e. The van der Waals surface area contributed by atoms with Crippen LogP contribution >= 0.6 is 0 Å². The Kier molecular flexibility index (Phi) is 5.30. The van der Waals surface area contributed by atoms with E-state index in [1.807, 2.05) is 26.4 Å². The maximum atomic E-state index is 12.7. The van der Waals surface area contributed by atoms with Gasteiger partial charge in [-0.1, -0.05) is 6.92 Å². The third-order valence-electron chi connectivity index (χ3n) is 4.48. The van der Waals surface area contributed by atoms with Gasteiger partial charge in [0.05, 0.1) is 12.1 Å². The van der Waals surface area contributed by atoms with Crippen LogP contribution in [-0.4, -0.2) is 28.5 Å². The normalized spacial score (nSPS) is 25.0. The van der Waals surface area contributed by atoms with E-state index in [4.69, 9.17) is 0 Å². The average molecular weight is 303 g/mol. The van der Waals surface area contributed by atoms with E-state index < -0.39 is 12.1 Å². The van der Waals surface area contributed by atoms with Gasteiger partial charge in [0.2, 0.25) is 0 Å². The number of nitrogens with zero attached hydrogens (tertiary/aromatic N) is 2. The second-order valence-electron chi connectivity index (χ2n) is 6.04. The summed E-state index contributed by atoms with van der Waals surface area (Å²) in [5, 5.41) is 7.60. The molecule has 2 rings (SSSR count). The summed E-state index contributed by atoms with van der Waals surface area (Å²) in [4.78, 5) is 0. The first kappa shape index (κ1) is 16.3. The highest BCUT2D eigenvalue weighted by atomic mass is 19.4. The smallest absolute Gasteiger partial charge is 0.314 e. The Bertz CT molecular complexity index is 434. The van der Waals surface area contributed by atoms with E-state index in [9.17, 15) is 13.2 Å². The number of hydrogen-bond donors (Lipinski definition) is 1. The molecule has 0 aromatic carbocycles. The van der Waals surface area contributed by atoms with Crippen molar-refractivity contribution in [1.29, 1.82) is 0 Å². The van der Waals surface area contributed by atoms with E-state index in [-0.39, 0.29) is 18.9 Å². The van der Waals surface area contributed by atoms with Crippen molar-refractivity contribution in [1.82, 2.24) is 15.1 Å². The molecule has 0 aliphatic heterocycles. The van der Waals surface area contributed by atoms with E-state index >= 15 is 0 Å². The summed E-state index contributed by atoms with van der Waals surface area (Å²) in [7, 11) is 1.88. The van der Waals surface area contributed by atoms with Crippen LogP contribution in [-0.2, 0) is 13.5 Å². The Labute approximate surface area is 123 Å². The molecule has 1 aliphatic rings. The first-order valence-corrected chi connectivity index (χ1v) is 7.67. The molecule has 1 fully saturated rings. The quantitative estimate of drug-likeness (QED) is 0.904. The number of likely N-dealkylation sites (N-methyl/N-ethyl adjacent to an activating group) is 1. The third kappa shape index (κ3) is 4.46. The molecule has 3 nitrogen and oxygen atoms in total. The van der Waals surface area contributed by atoms with Crippen LogP contribution in [0, 0.1) is 11.8 Å². The molecule has 0 radical (unpaired) electrons. The van der Waals surface area contributed by atoms with Crippen LogP contribution in [0.2, 0.25) is 0 Å². The van der Waals surface area contributed by atoms with Gasteiger partial charge in [-0.25, -0.2) is 0 Å². The van der Waals surface area contributed by atoms with Crippen molar-refractivity contribution >= 4 is 0 Å². The molecule has 1 aromatic heterocycles. The number of aromatic nitrogens is 2. The van der Waals surface area contributed by atoms with Crippen molar-refractivity contribution in [2.24, 2.45) is 18.9 Å². The summed E-state index contributed by atoms with van der Waals surface area (Å²) in [5.74, 6) is -0.779. The molecule has 0 saturated heterocycles. The number of rotatable bonds is 5. The lowest BCUT2D eigenvalue weighted by molar-refractivity contribution is -0.184. The fourth-order valence-corrected chi connectivity index (χ4v) is 3.35. The summed E-state index contributed by atoms with van der Waals surface area (Å²) in [5.41, 5.74) is 1.14. The third-order valence-corrected chi connectivity index (χ3v) is 4.48. The van der Waals surface area contributed by atoms with Crippen LogP contribution in [0.3, 0.4) is 0 Å². The molecule has 1 aliphatic carbocycles. The Morgan fingerprint density at radius 3 is 2.48 bits per heavy atom. The van der Waals surface area contributed by atoms with Gasteiger partial charge in [0.15, 0.2) is 0 Å². The van der Waals surface area contributed by atoms with Crippen molar-refractivity contribution in [3.63, 3.8) is 0 Å². The van der Waals surface area contributed by atoms with Crippen LogP contribution < -0.4 is 5.32 Å². The highest BCUT2D eigenvalue weighted by Crippen LogP contribution is 2.40. The zero-order valence-electron chi connectivity index (χ0n) is 12.7. The number of halogens is 3. The van der Waals surface area contributed by atoms with Crippen LogP contribution in [0.25, 0.3) is 0 Å². The zero-order chi connectivity index (χ0) is 15.5. The van der Waals surface area contributed by atoms with Gasteiger partial charge >= 0.3 is 6.18 Å². The first-order valence-electron chi connectivity index (χ1n) is 7.67. The highest BCUT2D eigenvalue weighted by Gasteiger charge is 2.42. The fraction of sp³-hybridized carbons (Fsp3) is 0.800. The van der Waals surface area contributed by atoms with Crippen LogP contribution in [0.15, 0.2) is 12.4 Å². The summed E-state index contributed by atoms with van der Waals surface area (Å²) < 4.78 is 40.0. The Morgan fingerprint density at radius 1 is 1.33 bits per heavy atom. The van der Waals surface area contributed by atoms with Crippen LogP contribution in [0.1, 0.15) is 38.2 Å². The maximum Gasteiger partial charge on any atom is 0.391 e. The minimum absolute atomic E-state index is 0.244. The van der Waals surface area contributed by atoms with Crippen molar-refractivity contribution in [2.75, 3.05) is 6.54 Å². The molecule has 1 unspecified atom stereocenters. The van der Waals surface area contributed by atoms with Gasteiger partial charge in [0.25, 0.3) is 0 Å². The van der Waals surface area contributed by atoms with E-state index in [1.165, 1.54) is 0 Å². The Hall–Kier alpha value is -1.04. The lowest BCUT2D eigenvalue weighted by atomic mass is 9.77. The summed E-state index contributed by atoms with van der Waals surface area (Å²) in [6.07, 6.45) is 2.47. The lowest BCUT2D eigenvalue weighted by Gasteiger charge is -2.35. The molecular formula is C15H24F3N3. The fourth-order valence-electron chi connectivity index (χ4n) is 3.35. The molecule has 120 valence electrons. The monoisotopic (exact) mass is 303 g/mol. The van der Waals surface area contributed by atoms with Crippen molar-refractivity contribution in [3.8, 4) is 0 Å². The number of nitrogens with one attached hydrogen (secondary N) is 1. The molecular weight excluding hydrogens is 279 g/mol. The number of alkyl halides is 3. The second-order valence-corrected chi connectivity index (χ2v) is 6.04. The van der Waals surface area contributed by atoms with Crippen LogP contribution in [0.4, 0.5) is 13.2 Å². The predicted molar refractivity (Wildman–Crippen MR) is 75.9 cm³/mol. The van der Waals surface area contributed by atoms with Crippen molar-refractivity contribution in [2.45, 2.75) is 51.2 Å². The second kappa shape index (κ2) is 6.81. The summed E-state index contributed by atoms with van der Waals surface area (Å²) in [6.45, 7) is 2.88. The molecule has 1 aromatic rings. The standard InChI is InChI=1S/C15H24F3N3/c1-3-19-14(8-11-9-20-21(2)10-11)12-4-6-13(7-5-12)15(16,17)18/h9-10,12-14,19H,3-8H2,1-2H3. The van der Waals surface area contributed by atoms with Gasteiger partial charge in [-0.3, -0.25) is 4.68 Å². The summed E-state index contributed by atoms with van der Waals surface area (Å²) >= 11 is 0. The van der Waals surface area contributed by atoms with Crippen molar-refractivity contribution < 1.29 is 13.2 Å². The van der Waals surface area contributed by atoms with E-state index in [1.54, 1.807) is 4.68 Å². The molecule has 0 spiro atoms. The molecule has 21 heavy (non-hydrogen) atoms. The molecule has 0 amide bonds. The van der Waals surface area contributed by atoms with Gasteiger partial charge in [0, 0.05) is 19.3 Å². The minimum Gasteiger partial charge on any atom is -0.314 e. The topological polar surface area (TPSA) is 29.9 Å².